The summed E-state index contributed by atoms with van der Waals surface area (Å²) in [7, 11) is 0. The maximum Gasteiger partial charge on any atom is 0.231 e. The van der Waals surface area contributed by atoms with E-state index < -0.39 is 0 Å². The molecule has 106 valence electrons. The number of rotatable bonds is 7. The number of fused-ring (bicyclic) bond motifs is 1. The smallest absolute Gasteiger partial charge is 0.231 e. The van der Waals surface area contributed by atoms with Crippen LogP contribution in [0.4, 0.5) is 0 Å². The van der Waals surface area contributed by atoms with E-state index in [1.807, 2.05) is 6.07 Å². The first-order valence-electron chi connectivity index (χ1n) is 7.40. The minimum atomic E-state index is 0.342. The van der Waals surface area contributed by atoms with Gasteiger partial charge >= 0.3 is 0 Å². The third kappa shape index (κ3) is 3.63. The molecule has 3 nitrogen and oxygen atoms in total. The van der Waals surface area contributed by atoms with E-state index in [1.54, 1.807) is 0 Å². The van der Waals surface area contributed by atoms with Gasteiger partial charge in [-0.25, -0.2) is 0 Å². The number of benzene rings is 1. The van der Waals surface area contributed by atoms with Crippen molar-refractivity contribution in [3.05, 3.63) is 23.8 Å². The molecule has 1 heterocycles. The molecule has 0 amide bonds. The molecule has 0 spiro atoms. The van der Waals surface area contributed by atoms with Crippen molar-refractivity contribution in [3.63, 3.8) is 0 Å². The molecule has 1 aliphatic rings. The number of hydrogen-bond acceptors (Lipinski definition) is 3. The monoisotopic (exact) mass is 263 g/mol. The van der Waals surface area contributed by atoms with Crippen LogP contribution in [-0.2, 0) is 0 Å². The summed E-state index contributed by atoms with van der Waals surface area (Å²) in [6.07, 6.45) is 4.98. The van der Waals surface area contributed by atoms with E-state index >= 15 is 0 Å². The summed E-state index contributed by atoms with van der Waals surface area (Å²) >= 11 is 0. The van der Waals surface area contributed by atoms with Gasteiger partial charge < -0.3 is 14.8 Å². The van der Waals surface area contributed by atoms with Crippen LogP contribution in [0.2, 0.25) is 0 Å². The van der Waals surface area contributed by atoms with Gasteiger partial charge in [-0.2, -0.15) is 0 Å². The third-order valence-electron chi connectivity index (χ3n) is 3.78. The molecule has 0 radical (unpaired) electrons. The largest absolute Gasteiger partial charge is 0.454 e. The zero-order valence-electron chi connectivity index (χ0n) is 12.2. The maximum atomic E-state index is 5.44. The van der Waals surface area contributed by atoms with Gasteiger partial charge in [-0.05, 0) is 37.5 Å². The van der Waals surface area contributed by atoms with Crippen molar-refractivity contribution in [2.45, 2.75) is 58.5 Å². The fraction of sp³-hybridized carbons (Fsp3) is 0.625. The minimum Gasteiger partial charge on any atom is -0.454 e. The molecule has 3 heteroatoms. The Morgan fingerprint density at radius 3 is 2.74 bits per heavy atom. The van der Waals surface area contributed by atoms with E-state index in [0.29, 0.717) is 18.9 Å². The predicted molar refractivity (Wildman–Crippen MR) is 77.7 cm³/mol. The Hall–Kier alpha value is -1.22. The highest BCUT2D eigenvalue weighted by atomic mass is 16.7. The van der Waals surface area contributed by atoms with Crippen molar-refractivity contribution in [1.29, 1.82) is 0 Å². The zero-order chi connectivity index (χ0) is 13.7. The minimum absolute atomic E-state index is 0.342. The molecule has 1 aromatic rings. The molecule has 1 aliphatic heterocycles. The van der Waals surface area contributed by atoms with Crippen LogP contribution in [0.25, 0.3) is 0 Å². The lowest BCUT2D eigenvalue weighted by atomic mass is 10.0. The summed E-state index contributed by atoms with van der Waals surface area (Å²) in [5.74, 6) is 1.72. The Balaban J connectivity index is 1.96. The van der Waals surface area contributed by atoms with E-state index in [4.69, 9.17) is 9.47 Å². The predicted octanol–water partition coefficient (Wildman–Crippen LogP) is 4.03. The van der Waals surface area contributed by atoms with Crippen LogP contribution in [-0.4, -0.2) is 12.8 Å². The molecular weight excluding hydrogens is 238 g/mol. The van der Waals surface area contributed by atoms with E-state index in [9.17, 15) is 0 Å². The first kappa shape index (κ1) is 14.2. The molecule has 2 rings (SSSR count). The summed E-state index contributed by atoms with van der Waals surface area (Å²) in [5, 5.41) is 3.71. The third-order valence-corrected chi connectivity index (χ3v) is 3.78. The first-order chi connectivity index (χ1) is 9.24. The Labute approximate surface area is 116 Å². The van der Waals surface area contributed by atoms with E-state index in [-0.39, 0.29) is 0 Å². The van der Waals surface area contributed by atoms with E-state index in [0.717, 1.165) is 11.5 Å². The molecule has 2 atom stereocenters. The summed E-state index contributed by atoms with van der Waals surface area (Å²) in [6.45, 7) is 7.05. The van der Waals surface area contributed by atoms with Gasteiger partial charge in [-0.3, -0.25) is 0 Å². The van der Waals surface area contributed by atoms with Crippen molar-refractivity contribution in [1.82, 2.24) is 5.32 Å². The Morgan fingerprint density at radius 1 is 1.21 bits per heavy atom. The number of hydrogen-bond donors (Lipinski definition) is 1. The molecule has 0 aromatic heterocycles. The van der Waals surface area contributed by atoms with Crippen LogP contribution in [0.3, 0.4) is 0 Å². The second-order valence-corrected chi connectivity index (χ2v) is 5.25. The molecule has 0 saturated heterocycles. The Bertz CT molecular complexity index is 406. The molecular formula is C16H25NO2. The summed E-state index contributed by atoms with van der Waals surface area (Å²) in [4.78, 5) is 0. The number of nitrogens with one attached hydrogen (secondary N) is 1. The summed E-state index contributed by atoms with van der Waals surface area (Å²) < 4.78 is 10.8. The van der Waals surface area contributed by atoms with Gasteiger partial charge in [0.1, 0.15) is 0 Å². The molecule has 19 heavy (non-hydrogen) atoms. The van der Waals surface area contributed by atoms with Gasteiger partial charge in [0.05, 0.1) is 0 Å². The van der Waals surface area contributed by atoms with Crippen molar-refractivity contribution in [3.8, 4) is 11.5 Å². The van der Waals surface area contributed by atoms with Gasteiger partial charge in [0.2, 0.25) is 6.79 Å². The fourth-order valence-corrected chi connectivity index (χ4v) is 2.49. The molecule has 0 saturated carbocycles. The lowest BCUT2D eigenvalue weighted by molar-refractivity contribution is 0.174. The Kier molecular flexibility index (Phi) is 5.08. The van der Waals surface area contributed by atoms with E-state index in [1.165, 1.54) is 31.2 Å². The van der Waals surface area contributed by atoms with Gasteiger partial charge in [-0.15, -0.1) is 0 Å². The van der Waals surface area contributed by atoms with Crippen molar-refractivity contribution < 1.29 is 9.47 Å². The van der Waals surface area contributed by atoms with Gasteiger partial charge in [0.15, 0.2) is 11.5 Å². The van der Waals surface area contributed by atoms with Crippen LogP contribution in [0.15, 0.2) is 18.2 Å². The highest BCUT2D eigenvalue weighted by Gasteiger charge is 2.17. The standard InChI is InChI=1S/C16H25NO2/c1-4-6-7-14(5-2)17-12(3)13-8-9-15-16(10-13)19-11-18-15/h8-10,12,14,17H,4-7,11H2,1-3H3. The summed E-state index contributed by atoms with van der Waals surface area (Å²) in [6, 6.07) is 7.16. The van der Waals surface area contributed by atoms with Crippen molar-refractivity contribution in [2.24, 2.45) is 0 Å². The molecule has 0 aliphatic carbocycles. The van der Waals surface area contributed by atoms with E-state index in [2.05, 4.69) is 38.2 Å². The molecule has 2 unspecified atom stereocenters. The highest BCUT2D eigenvalue weighted by molar-refractivity contribution is 5.45. The number of unbranched alkanes of at least 4 members (excludes halogenated alkanes) is 1. The second kappa shape index (κ2) is 6.80. The quantitative estimate of drug-likeness (QED) is 0.805. The Morgan fingerprint density at radius 2 is 2.00 bits per heavy atom. The summed E-state index contributed by atoms with van der Waals surface area (Å²) in [5.41, 5.74) is 1.26. The molecule has 1 aromatic carbocycles. The van der Waals surface area contributed by atoms with Crippen LogP contribution >= 0.6 is 0 Å². The van der Waals surface area contributed by atoms with Crippen LogP contribution in [0.1, 0.15) is 58.1 Å². The second-order valence-electron chi connectivity index (χ2n) is 5.25. The SMILES string of the molecule is CCCCC(CC)NC(C)c1ccc2c(c1)OCO2. The average molecular weight is 263 g/mol. The lowest BCUT2D eigenvalue weighted by Crippen LogP contribution is -2.30. The lowest BCUT2D eigenvalue weighted by Gasteiger charge is -2.22. The van der Waals surface area contributed by atoms with Crippen molar-refractivity contribution >= 4 is 0 Å². The maximum absolute atomic E-state index is 5.44. The topological polar surface area (TPSA) is 30.5 Å². The first-order valence-corrected chi connectivity index (χ1v) is 7.40. The van der Waals surface area contributed by atoms with Crippen LogP contribution in [0.5, 0.6) is 11.5 Å². The van der Waals surface area contributed by atoms with Crippen LogP contribution in [0, 0.1) is 0 Å². The van der Waals surface area contributed by atoms with Crippen molar-refractivity contribution in [2.75, 3.05) is 6.79 Å². The van der Waals surface area contributed by atoms with Gasteiger partial charge in [-0.1, -0.05) is 32.8 Å². The highest BCUT2D eigenvalue weighted by Crippen LogP contribution is 2.34. The average Bonchev–Trinajstić information content (AvgIpc) is 2.90. The van der Waals surface area contributed by atoms with Gasteiger partial charge in [0.25, 0.3) is 0 Å². The van der Waals surface area contributed by atoms with Crippen LogP contribution < -0.4 is 14.8 Å². The molecule has 0 fully saturated rings. The normalized spacial score (nSPS) is 16.4. The number of ether oxygens (including phenoxy) is 2. The fourth-order valence-electron chi connectivity index (χ4n) is 2.49. The molecule has 1 N–H and O–H groups in total. The van der Waals surface area contributed by atoms with Gasteiger partial charge in [0, 0.05) is 12.1 Å². The molecule has 0 bridgehead atoms. The zero-order valence-corrected chi connectivity index (χ0v) is 12.2.